The molecule has 116 valence electrons. The zero-order valence-corrected chi connectivity index (χ0v) is 13.1. The number of hydrogen-bond acceptors (Lipinski definition) is 5. The van der Waals surface area contributed by atoms with E-state index in [4.69, 9.17) is 0 Å². The van der Waals surface area contributed by atoms with Crippen molar-refractivity contribution in [2.24, 2.45) is 0 Å². The summed E-state index contributed by atoms with van der Waals surface area (Å²) in [6.07, 6.45) is 0.946. The van der Waals surface area contributed by atoms with Crippen LogP contribution in [-0.4, -0.2) is 49.3 Å². The third-order valence-electron chi connectivity index (χ3n) is 3.22. The number of Topliss-reactive ketones (excluding diaryl/α,β-unsaturated/α-hetero) is 1. The molecule has 1 aromatic rings. The van der Waals surface area contributed by atoms with Gasteiger partial charge in [-0.1, -0.05) is 6.92 Å². The van der Waals surface area contributed by atoms with Crippen molar-refractivity contribution >= 4 is 17.2 Å². The third-order valence-corrected chi connectivity index (χ3v) is 3.22. The zero-order chi connectivity index (χ0) is 16.0. The minimum atomic E-state index is -0.472. The van der Waals surface area contributed by atoms with E-state index >= 15 is 0 Å². The fourth-order valence-electron chi connectivity index (χ4n) is 2.14. The highest BCUT2D eigenvalue weighted by Crippen LogP contribution is 2.26. The molecule has 1 rings (SSSR count). The Morgan fingerprint density at radius 3 is 2.38 bits per heavy atom. The molecule has 0 unspecified atom stereocenters. The van der Waals surface area contributed by atoms with Crippen LogP contribution in [0.1, 0.15) is 30.6 Å². The predicted octanol–water partition coefficient (Wildman–Crippen LogP) is 2.58. The van der Waals surface area contributed by atoms with E-state index in [2.05, 4.69) is 16.7 Å². The number of nitro groups is 1. The third kappa shape index (κ3) is 4.82. The van der Waals surface area contributed by atoms with Gasteiger partial charge in [-0.15, -0.1) is 0 Å². The first-order valence-electron chi connectivity index (χ1n) is 7.05. The number of hydrogen-bond donors (Lipinski definition) is 0. The second-order valence-corrected chi connectivity index (χ2v) is 5.31. The van der Waals surface area contributed by atoms with Gasteiger partial charge < -0.3 is 9.80 Å². The normalized spacial score (nSPS) is 10.7. The molecule has 0 bridgehead atoms. The summed E-state index contributed by atoms with van der Waals surface area (Å²) >= 11 is 0. The van der Waals surface area contributed by atoms with E-state index in [1.54, 1.807) is 6.07 Å². The molecule has 0 spiro atoms. The van der Waals surface area contributed by atoms with E-state index in [1.165, 1.54) is 19.1 Å². The number of non-ortho nitro benzene ring substituents is 1. The Labute approximate surface area is 125 Å². The average molecular weight is 293 g/mol. The molecule has 0 aromatic heterocycles. The summed E-state index contributed by atoms with van der Waals surface area (Å²) in [4.78, 5) is 26.4. The first kappa shape index (κ1) is 17.1. The lowest BCUT2D eigenvalue weighted by Gasteiger charge is -2.27. The highest BCUT2D eigenvalue weighted by atomic mass is 16.6. The van der Waals surface area contributed by atoms with Crippen molar-refractivity contribution in [2.75, 3.05) is 38.6 Å². The Balaban J connectivity index is 3.16. The molecule has 0 fully saturated rings. The van der Waals surface area contributed by atoms with Crippen LogP contribution < -0.4 is 4.90 Å². The molecule has 0 amide bonds. The summed E-state index contributed by atoms with van der Waals surface area (Å²) in [5, 5.41) is 10.9. The van der Waals surface area contributed by atoms with Crippen LogP contribution in [0.3, 0.4) is 0 Å². The Bertz CT molecular complexity index is 515. The molecule has 0 aliphatic heterocycles. The van der Waals surface area contributed by atoms with Gasteiger partial charge in [0.05, 0.1) is 4.92 Å². The molecule has 0 heterocycles. The number of anilines is 1. The van der Waals surface area contributed by atoms with Gasteiger partial charge in [0, 0.05) is 43.0 Å². The highest BCUT2D eigenvalue weighted by Gasteiger charge is 2.18. The van der Waals surface area contributed by atoms with Crippen LogP contribution in [0.15, 0.2) is 18.2 Å². The number of nitrogens with zero attached hydrogens (tertiary/aromatic N) is 3. The SMILES string of the molecule is CCCN(CCN(C)C)c1ccc([N+](=O)[O-])cc1C(C)=O. The molecule has 0 atom stereocenters. The van der Waals surface area contributed by atoms with Crippen LogP contribution in [0.4, 0.5) is 11.4 Å². The van der Waals surface area contributed by atoms with Crippen molar-refractivity contribution in [3.8, 4) is 0 Å². The number of nitro benzene ring substituents is 1. The van der Waals surface area contributed by atoms with E-state index in [1.807, 2.05) is 14.1 Å². The van der Waals surface area contributed by atoms with Crippen molar-refractivity contribution in [3.05, 3.63) is 33.9 Å². The number of carbonyl (C=O) groups excluding carboxylic acids is 1. The molecule has 6 nitrogen and oxygen atoms in total. The number of rotatable bonds is 8. The van der Waals surface area contributed by atoms with Crippen molar-refractivity contribution in [1.29, 1.82) is 0 Å². The second-order valence-electron chi connectivity index (χ2n) is 5.31. The summed E-state index contributed by atoms with van der Waals surface area (Å²) in [5.41, 5.74) is 1.14. The molecule has 0 aliphatic rings. The first-order valence-corrected chi connectivity index (χ1v) is 7.05. The Morgan fingerprint density at radius 1 is 1.24 bits per heavy atom. The molecule has 6 heteroatoms. The maximum atomic E-state index is 11.8. The second kappa shape index (κ2) is 7.73. The highest BCUT2D eigenvalue weighted by molar-refractivity contribution is 6.00. The largest absolute Gasteiger partial charge is 0.370 e. The van der Waals surface area contributed by atoms with Gasteiger partial charge in [-0.25, -0.2) is 0 Å². The minimum Gasteiger partial charge on any atom is -0.370 e. The summed E-state index contributed by atoms with van der Waals surface area (Å²) in [5.74, 6) is -0.153. The van der Waals surface area contributed by atoms with Gasteiger partial charge in [0.1, 0.15) is 0 Å². The lowest BCUT2D eigenvalue weighted by molar-refractivity contribution is -0.384. The standard InChI is InChI=1S/C15H23N3O3/c1-5-8-17(10-9-16(3)4)15-7-6-13(18(20)21)11-14(15)12(2)19/h6-7,11H,5,8-10H2,1-4H3. The number of ketones is 1. The quantitative estimate of drug-likeness (QED) is 0.418. The number of benzene rings is 1. The molecular weight excluding hydrogens is 270 g/mol. The Morgan fingerprint density at radius 2 is 1.90 bits per heavy atom. The lowest BCUT2D eigenvalue weighted by Crippen LogP contribution is -2.33. The number of carbonyl (C=O) groups is 1. The Kier molecular flexibility index (Phi) is 6.30. The summed E-state index contributed by atoms with van der Waals surface area (Å²) in [6.45, 7) is 5.96. The topological polar surface area (TPSA) is 66.7 Å². The first-order chi connectivity index (χ1) is 9.86. The maximum Gasteiger partial charge on any atom is 0.270 e. The minimum absolute atomic E-state index is 0.0481. The van der Waals surface area contributed by atoms with E-state index in [0.29, 0.717) is 5.56 Å². The molecule has 0 N–H and O–H groups in total. The summed E-state index contributed by atoms with van der Waals surface area (Å²) in [6, 6.07) is 4.51. The summed E-state index contributed by atoms with van der Waals surface area (Å²) < 4.78 is 0. The van der Waals surface area contributed by atoms with Gasteiger partial charge in [-0.2, -0.15) is 0 Å². The van der Waals surface area contributed by atoms with Crippen LogP contribution in [-0.2, 0) is 0 Å². The van der Waals surface area contributed by atoms with Crippen LogP contribution in [0.25, 0.3) is 0 Å². The smallest absolute Gasteiger partial charge is 0.270 e. The van der Waals surface area contributed by atoms with Crippen molar-refractivity contribution in [3.63, 3.8) is 0 Å². The van der Waals surface area contributed by atoms with Gasteiger partial charge in [0.2, 0.25) is 0 Å². The molecule has 0 saturated carbocycles. The molecule has 0 saturated heterocycles. The fourth-order valence-corrected chi connectivity index (χ4v) is 2.14. The molecular formula is C15H23N3O3. The van der Waals surface area contributed by atoms with Crippen molar-refractivity contribution in [1.82, 2.24) is 4.90 Å². The molecule has 0 aliphatic carbocycles. The molecule has 21 heavy (non-hydrogen) atoms. The molecule has 1 aromatic carbocycles. The monoisotopic (exact) mass is 293 g/mol. The summed E-state index contributed by atoms with van der Waals surface area (Å²) in [7, 11) is 3.98. The number of likely N-dealkylation sites (N-methyl/N-ethyl adjacent to an activating group) is 1. The predicted molar refractivity (Wildman–Crippen MR) is 84.2 cm³/mol. The van der Waals surface area contributed by atoms with E-state index < -0.39 is 4.92 Å². The van der Waals surface area contributed by atoms with Gasteiger partial charge in [-0.05, 0) is 33.5 Å². The van der Waals surface area contributed by atoms with Crippen LogP contribution in [0.2, 0.25) is 0 Å². The zero-order valence-electron chi connectivity index (χ0n) is 13.1. The average Bonchev–Trinajstić information content (AvgIpc) is 2.42. The van der Waals surface area contributed by atoms with E-state index in [9.17, 15) is 14.9 Å². The van der Waals surface area contributed by atoms with Crippen LogP contribution >= 0.6 is 0 Å². The van der Waals surface area contributed by atoms with E-state index in [-0.39, 0.29) is 11.5 Å². The fraction of sp³-hybridized carbons (Fsp3) is 0.533. The molecule has 0 radical (unpaired) electrons. The van der Waals surface area contributed by atoms with Gasteiger partial charge in [0.25, 0.3) is 5.69 Å². The maximum absolute atomic E-state index is 11.8. The van der Waals surface area contributed by atoms with Gasteiger partial charge >= 0.3 is 0 Å². The van der Waals surface area contributed by atoms with E-state index in [0.717, 1.165) is 31.7 Å². The van der Waals surface area contributed by atoms with Crippen molar-refractivity contribution in [2.45, 2.75) is 20.3 Å². The lowest BCUT2D eigenvalue weighted by atomic mass is 10.1. The van der Waals surface area contributed by atoms with Crippen molar-refractivity contribution < 1.29 is 9.72 Å². The van der Waals surface area contributed by atoms with Gasteiger partial charge in [-0.3, -0.25) is 14.9 Å². The van der Waals surface area contributed by atoms with Crippen LogP contribution in [0.5, 0.6) is 0 Å². The van der Waals surface area contributed by atoms with Crippen LogP contribution in [0, 0.1) is 10.1 Å². The van der Waals surface area contributed by atoms with Gasteiger partial charge in [0.15, 0.2) is 5.78 Å². The Hall–Kier alpha value is -1.95.